The van der Waals surface area contributed by atoms with Crippen molar-refractivity contribution in [1.82, 2.24) is 0 Å². The van der Waals surface area contributed by atoms with Crippen molar-refractivity contribution in [3.05, 3.63) is 28.7 Å². The lowest BCUT2D eigenvalue weighted by atomic mass is 10.2. The smallest absolute Gasteiger partial charge is 0.119 e. The zero-order valence-electron chi connectivity index (χ0n) is 8.95. The number of unbranched alkanes of at least 4 members (excludes halogenated alkanes) is 1. The lowest BCUT2D eigenvalue weighted by molar-refractivity contribution is 0.0980. The molecule has 3 heteroatoms. The van der Waals surface area contributed by atoms with Crippen molar-refractivity contribution in [2.75, 3.05) is 6.61 Å². The molecule has 1 rings (SSSR count). The van der Waals surface area contributed by atoms with Crippen LogP contribution in [0, 0.1) is 0 Å². The monoisotopic (exact) mass is 272 g/mol. The fourth-order valence-electron chi connectivity index (χ4n) is 1.25. The average molecular weight is 273 g/mol. The summed E-state index contributed by atoms with van der Waals surface area (Å²) in [6.45, 7) is 2.49. The summed E-state index contributed by atoms with van der Waals surface area (Å²) >= 11 is 3.35. The summed E-state index contributed by atoms with van der Waals surface area (Å²) in [5.74, 6) is 0.800. The number of benzene rings is 1. The van der Waals surface area contributed by atoms with E-state index in [-0.39, 0.29) is 6.10 Å². The molecule has 0 spiro atoms. The highest BCUT2D eigenvalue weighted by Crippen LogP contribution is 2.16. The van der Waals surface area contributed by atoms with E-state index in [1.807, 2.05) is 24.3 Å². The van der Waals surface area contributed by atoms with E-state index in [0.717, 1.165) is 29.5 Å². The SMILES string of the molecule is CCCCC(O)COc1ccc(Br)cc1. The molecule has 1 atom stereocenters. The van der Waals surface area contributed by atoms with Gasteiger partial charge in [-0.25, -0.2) is 0 Å². The first kappa shape index (κ1) is 12.5. The van der Waals surface area contributed by atoms with Crippen molar-refractivity contribution < 1.29 is 9.84 Å². The predicted molar refractivity (Wildman–Crippen MR) is 65.2 cm³/mol. The van der Waals surface area contributed by atoms with Crippen molar-refractivity contribution in [3.63, 3.8) is 0 Å². The van der Waals surface area contributed by atoms with Crippen LogP contribution in [0.15, 0.2) is 28.7 Å². The molecule has 1 aromatic rings. The summed E-state index contributed by atoms with van der Waals surface area (Å²) < 4.78 is 6.48. The summed E-state index contributed by atoms with van der Waals surface area (Å²) in [6.07, 6.45) is 2.61. The van der Waals surface area contributed by atoms with Gasteiger partial charge in [0.2, 0.25) is 0 Å². The van der Waals surface area contributed by atoms with Crippen LogP contribution in [-0.4, -0.2) is 17.8 Å². The largest absolute Gasteiger partial charge is 0.491 e. The number of ether oxygens (including phenoxy) is 1. The number of hydrogen-bond acceptors (Lipinski definition) is 2. The van der Waals surface area contributed by atoms with Gasteiger partial charge in [-0.1, -0.05) is 35.7 Å². The van der Waals surface area contributed by atoms with Crippen LogP contribution in [0.5, 0.6) is 5.75 Å². The highest BCUT2D eigenvalue weighted by molar-refractivity contribution is 9.10. The van der Waals surface area contributed by atoms with Gasteiger partial charge >= 0.3 is 0 Å². The quantitative estimate of drug-likeness (QED) is 0.861. The molecule has 84 valence electrons. The molecule has 0 aromatic heterocycles. The van der Waals surface area contributed by atoms with Gasteiger partial charge in [0.15, 0.2) is 0 Å². The third-order valence-corrected chi connectivity index (χ3v) is 2.68. The van der Waals surface area contributed by atoms with E-state index in [4.69, 9.17) is 4.74 Å². The molecule has 0 bridgehead atoms. The van der Waals surface area contributed by atoms with E-state index in [0.29, 0.717) is 6.61 Å². The second kappa shape index (κ2) is 6.85. The second-order valence-corrected chi connectivity index (χ2v) is 4.48. The number of halogens is 1. The Labute approximate surface area is 99.4 Å². The zero-order valence-corrected chi connectivity index (χ0v) is 10.5. The minimum absolute atomic E-state index is 0.353. The Hall–Kier alpha value is -0.540. The van der Waals surface area contributed by atoms with E-state index < -0.39 is 0 Å². The molecule has 15 heavy (non-hydrogen) atoms. The molecule has 1 unspecified atom stereocenters. The molecule has 1 N–H and O–H groups in total. The van der Waals surface area contributed by atoms with E-state index in [1.165, 1.54) is 0 Å². The van der Waals surface area contributed by atoms with E-state index >= 15 is 0 Å². The highest BCUT2D eigenvalue weighted by atomic mass is 79.9. The Morgan fingerprint density at radius 1 is 1.33 bits per heavy atom. The predicted octanol–water partition coefficient (Wildman–Crippen LogP) is 3.38. The number of aliphatic hydroxyl groups is 1. The van der Waals surface area contributed by atoms with Crippen LogP contribution in [0.4, 0.5) is 0 Å². The molecule has 0 aliphatic rings. The maximum Gasteiger partial charge on any atom is 0.119 e. The van der Waals surface area contributed by atoms with Gasteiger partial charge in [0, 0.05) is 4.47 Å². The Kier molecular flexibility index (Phi) is 5.73. The number of hydrogen-bond donors (Lipinski definition) is 1. The van der Waals surface area contributed by atoms with E-state index in [1.54, 1.807) is 0 Å². The molecule has 0 saturated carbocycles. The second-order valence-electron chi connectivity index (χ2n) is 3.56. The van der Waals surface area contributed by atoms with Crippen LogP contribution in [0.25, 0.3) is 0 Å². The van der Waals surface area contributed by atoms with Gasteiger partial charge in [0.1, 0.15) is 12.4 Å². The minimum Gasteiger partial charge on any atom is -0.491 e. The van der Waals surface area contributed by atoms with Crippen LogP contribution >= 0.6 is 15.9 Å². The molecule has 0 aliphatic carbocycles. The van der Waals surface area contributed by atoms with Gasteiger partial charge in [-0.15, -0.1) is 0 Å². The first-order valence-corrected chi connectivity index (χ1v) is 6.08. The lowest BCUT2D eigenvalue weighted by Crippen LogP contribution is -2.17. The van der Waals surface area contributed by atoms with Gasteiger partial charge < -0.3 is 9.84 Å². The molecule has 1 aromatic carbocycles. The molecule has 0 aliphatic heterocycles. The van der Waals surface area contributed by atoms with Crippen molar-refractivity contribution in [1.29, 1.82) is 0 Å². The zero-order chi connectivity index (χ0) is 11.1. The van der Waals surface area contributed by atoms with Crippen LogP contribution in [0.3, 0.4) is 0 Å². The third kappa shape index (κ3) is 5.19. The Morgan fingerprint density at radius 3 is 2.60 bits per heavy atom. The third-order valence-electron chi connectivity index (χ3n) is 2.15. The average Bonchev–Trinajstić information content (AvgIpc) is 2.25. The summed E-state index contributed by atoms with van der Waals surface area (Å²) in [4.78, 5) is 0. The van der Waals surface area contributed by atoms with Crippen molar-refractivity contribution in [2.45, 2.75) is 32.3 Å². The van der Waals surface area contributed by atoms with Gasteiger partial charge in [-0.05, 0) is 30.7 Å². The normalized spacial score (nSPS) is 12.5. The Morgan fingerprint density at radius 2 is 2.00 bits per heavy atom. The van der Waals surface area contributed by atoms with Gasteiger partial charge in [-0.2, -0.15) is 0 Å². The standard InChI is InChI=1S/C12H17BrO2/c1-2-3-4-11(14)9-15-12-7-5-10(13)6-8-12/h5-8,11,14H,2-4,9H2,1H3. The van der Waals surface area contributed by atoms with Crippen molar-refractivity contribution in [2.24, 2.45) is 0 Å². The fourth-order valence-corrected chi connectivity index (χ4v) is 1.51. The van der Waals surface area contributed by atoms with Crippen LogP contribution in [-0.2, 0) is 0 Å². The summed E-state index contributed by atoms with van der Waals surface area (Å²) in [5, 5.41) is 9.56. The first-order chi connectivity index (χ1) is 7.22. The fraction of sp³-hybridized carbons (Fsp3) is 0.500. The number of aliphatic hydroxyl groups excluding tert-OH is 1. The van der Waals surface area contributed by atoms with Gasteiger partial charge in [0.25, 0.3) is 0 Å². The van der Waals surface area contributed by atoms with Crippen molar-refractivity contribution in [3.8, 4) is 5.75 Å². The minimum atomic E-state index is -0.353. The molecule has 0 radical (unpaired) electrons. The molecular formula is C12H17BrO2. The maximum atomic E-state index is 9.56. The first-order valence-electron chi connectivity index (χ1n) is 5.28. The summed E-state index contributed by atoms with van der Waals surface area (Å²) in [7, 11) is 0. The maximum absolute atomic E-state index is 9.56. The van der Waals surface area contributed by atoms with Crippen LogP contribution < -0.4 is 4.74 Å². The molecule has 2 nitrogen and oxygen atoms in total. The molecular weight excluding hydrogens is 256 g/mol. The Bertz CT molecular complexity index is 271. The van der Waals surface area contributed by atoms with E-state index in [9.17, 15) is 5.11 Å². The number of rotatable bonds is 6. The van der Waals surface area contributed by atoms with Crippen LogP contribution in [0.2, 0.25) is 0 Å². The van der Waals surface area contributed by atoms with E-state index in [2.05, 4.69) is 22.9 Å². The molecule has 0 heterocycles. The lowest BCUT2D eigenvalue weighted by Gasteiger charge is -2.11. The summed E-state index contributed by atoms with van der Waals surface area (Å²) in [5.41, 5.74) is 0. The molecule has 0 fully saturated rings. The molecule has 0 saturated heterocycles. The van der Waals surface area contributed by atoms with Crippen LogP contribution in [0.1, 0.15) is 26.2 Å². The molecule has 0 amide bonds. The van der Waals surface area contributed by atoms with Crippen molar-refractivity contribution >= 4 is 15.9 Å². The topological polar surface area (TPSA) is 29.5 Å². The summed E-state index contributed by atoms with van der Waals surface area (Å²) in [6, 6.07) is 7.62. The Balaban J connectivity index is 2.27. The van der Waals surface area contributed by atoms with Gasteiger partial charge in [0.05, 0.1) is 6.10 Å². The van der Waals surface area contributed by atoms with Gasteiger partial charge in [-0.3, -0.25) is 0 Å². The highest BCUT2D eigenvalue weighted by Gasteiger charge is 2.04.